The minimum absolute atomic E-state index is 0.175. The number of hydrogen-bond acceptors (Lipinski definition) is 4. The average Bonchev–Trinajstić information content (AvgIpc) is 2.68. The predicted molar refractivity (Wildman–Crippen MR) is 64.4 cm³/mol. The highest BCUT2D eigenvalue weighted by Crippen LogP contribution is 2.17. The summed E-state index contributed by atoms with van der Waals surface area (Å²) in [6, 6.07) is 4.63. The lowest BCUT2D eigenvalue weighted by atomic mass is 10.2. The third kappa shape index (κ3) is 2.48. The first-order valence-electron chi connectivity index (χ1n) is 5.58. The largest absolute Gasteiger partial charge is 0.486 e. The Morgan fingerprint density at radius 2 is 2.17 bits per heavy atom. The smallest absolute Gasteiger partial charge is 0.170 e. The maximum atomic E-state index is 13.5. The van der Waals surface area contributed by atoms with E-state index in [0.717, 1.165) is 5.82 Å². The maximum Gasteiger partial charge on any atom is 0.170 e. The summed E-state index contributed by atoms with van der Waals surface area (Å²) in [7, 11) is 1.85. The molecule has 0 fully saturated rings. The van der Waals surface area contributed by atoms with Crippen LogP contribution in [0.4, 0.5) is 4.39 Å². The van der Waals surface area contributed by atoms with Crippen LogP contribution in [-0.2, 0) is 20.2 Å². The molecule has 2 aromatic rings. The monoisotopic (exact) mass is 250 g/mol. The van der Waals surface area contributed by atoms with Crippen LogP contribution in [0.2, 0.25) is 0 Å². The van der Waals surface area contributed by atoms with Gasteiger partial charge in [-0.3, -0.25) is 0 Å². The number of halogens is 1. The van der Waals surface area contributed by atoms with Crippen LogP contribution in [0, 0.1) is 12.7 Å². The van der Waals surface area contributed by atoms with Gasteiger partial charge in [-0.2, -0.15) is 0 Å². The fourth-order valence-corrected chi connectivity index (χ4v) is 1.51. The van der Waals surface area contributed by atoms with Gasteiger partial charge in [0.05, 0.1) is 0 Å². The van der Waals surface area contributed by atoms with E-state index in [9.17, 15) is 4.39 Å². The van der Waals surface area contributed by atoms with Crippen molar-refractivity contribution in [2.45, 2.75) is 20.1 Å². The van der Waals surface area contributed by atoms with Gasteiger partial charge in [0.2, 0.25) is 0 Å². The minimum atomic E-state index is -0.357. The number of aromatic nitrogens is 3. The van der Waals surface area contributed by atoms with E-state index in [4.69, 9.17) is 10.5 Å². The maximum absolute atomic E-state index is 13.5. The van der Waals surface area contributed by atoms with Crippen LogP contribution in [0.15, 0.2) is 18.2 Å². The van der Waals surface area contributed by atoms with Gasteiger partial charge in [0.25, 0.3) is 0 Å². The zero-order valence-electron chi connectivity index (χ0n) is 10.4. The SMILES string of the molecule is Cc1nnc(COc2ccc(CN)c(F)c2)n1C. The fraction of sp³-hybridized carbons (Fsp3) is 0.333. The van der Waals surface area contributed by atoms with Crippen molar-refractivity contribution in [3.05, 3.63) is 41.2 Å². The van der Waals surface area contributed by atoms with E-state index in [1.807, 2.05) is 18.5 Å². The molecular formula is C12H15FN4O. The molecule has 5 nitrogen and oxygen atoms in total. The molecule has 2 rings (SSSR count). The second-order valence-corrected chi connectivity index (χ2v) is 3.97. The Morgan fingerprint density at radius 1 is 1.39 bits per heavy atom. The van der Waals surface area contributed by atoms with Crippen LogP contribution < -0.4 is 10.5 Å². The quantitative estimate of drug-likeness (QED) is 0.888. The normalized spacial score (nSPS) is 10.7. The number of nitrogens with zero attached hydrogens (tertiary/aromatic N) is 3. The minimum Gasteiger partial charge on any atom is -0.486 e. The molecule has 0 aliphatic carbocycles. The molecule has 0 spiro atoms. The van der Waals surface area contributed by atoms with Crippen LogP contribution in [0.3, 0.4) is 0 Å². The number of nitrogens with two attached hydrogens (primary N) is 1. The van der Waals surface area contributed by atoms with E-state index in [-0.39, 0.29) is 19.0 Å². The van der Waals surface area contributed by atoms with Crippen molar-refractivity contribution in [3.8, 4) is 5.75 Å². The molecular weight excluding hydrogens is 235 g/mol. The van der Waals surface area contributed by atoms with E-state index < -0.39 is 0 Å². The number of ether oxygens (including phenoxy) is 1. The Hall–Kier alpha value is -1.95. The summed E-state index contributed by atoms with van der Waals surface area (Å²) < 4.78 is 20.8. The van der Waals surface area contributed by atoms with Crippen molar-refractivity contribution in [1.82, 2.24) is 14.8 Å². The topological polar surface area (TPSA) is 66.0 Å². The summed E-state index contributed by atoms with van der Waals surface area (Å²) in [6.45, 7) is 2.28. The van der Waals surface area contributed by atoms with Gasteiger partial charge in [0.15, 0.2) is 5.82 Å². The van der Waals surface area contributed by atoms with Crippen LogP contribution in [0.5, 0.6) is 5.75 Å². The molecule has 96 valence electrons. The molecule has 0 atom stereocenters. The molecule has 6 heteroatoms. The van der Waals surface area contributed by atoms with Crippen molar-refractivity contribution >= 4 is 0 Å². The third-order valence-electron chi connectivity index (χ3n) is 2.80. The van der Waals surface area contributed by atoms with Crippen LogP contribution in [-0.4, -0.2) is 14.8 Å². The van der Waals surface area contributed by atoms with Gasteiger partial charge in [0, 0.05) is 25.2 Å². The summed E-state index contributed by atoms with van der Waals surface area (Å²) >= 11 is 0. The van der Waals surface area contributed by atoms with Gasteiger partial charge >= 0.3 is 0 Å². The van der Waals surface area contributed by atoms with Crippen molar-refractivity contribution in [3.63, 3.8) is 0 Å². The standard InChI is InChI=1S/C12H15FN4O/c1-8-15-16-12(17(8)2)7-18-10-4-3-9(6-14)11(13)5-10/h3-5H,6-7,14H2,1-2H3. The molecule has 0 aliphatic heterocycles. The van der Waals surface area contributed by atoms with Crippen molar-refractivity contribution < 1.29 is 9.13 Å². The van der Waals surface area contributed by atoms with Gasteiger partial charge < -0.3 is 15.0 Å². The van der Waals surface area contributed by atoms with Crippen LogP contribution >= 0.6 is 0 Å². The number of aryl methyl sites for hydroxylation is 1. The second kappa shape index (κ2) is 5.14. The Bertz CT molecular complexity index is 553. The predicted octanol–water partition coefficient (Wildman–Crippen LogP) is 1.30. The van der Waals surface area contributed by atoms with Gasteiger partial charge in [-0.05, 0) is 13.0 Å². The molecule has 0 saturated heterocycles. The highest BCUT2D eigenvalue weighted by molar-refractivity contribution is 5.28. The van der Waals surface area contributed by atoms with Crippen molar-refractivity contribution in [2.75, 3.05) is 0 Å². The Balaban J connectivity index is 2.06. The molecule has 0 saturated carbocycles. The van der Waals surface area contributed by atoms with E-state index in [1.54, 1.807) is 12.1 Å². The summed E-state index contributed by atoms with van der Waals surface area (Å²) in [4.78, 5) is 0. The molecule has 1 aromatic carbocycles. The van der Waals surface area contributed by atoms with E-state index in [2.05, 4.69) is 10.2 Å². The molecule has 0 radical (unpaired) electrons. The van der Waals surface area contributed by atoms with E-state index in [1.165, 1.54) is 6.07 Å². The molecule has 18 heavy (non-hydrogen) atoms. The van der Waals surface area contributed by atoms with Crippen LogP contribution in [0.1, 0.15) is 17.2 Å². The first-order valence-corrected chi connectivity index (χ1v) is 5.58. The second-order valence-electron chi connectivity index (χ2n) is 3.97. The summed E-state index contributed by atoms with van der Waals surface area (Å²) in [5.74, 6) is 1.59. The van der Waals surface area contributed by atoms with Gasteiger partial charge in [-0.25, -0.2) is 4.39 Å². The number of hydrogen-bond donors (Lipinski definition) is 1. The molecule has 0 amide bonds. The summed E-state index contributed by atoms with van der Waals surface area (Å²) in [5, 5.41) is 7.88. The van der Waals surface area contributed by atoms with Crippen molar-refractivity contribution in [2.24, 2.45) is 12.8 Å². The first kappa shape index (κ1) is 12.5. The molecule has 0 unspecified atom stereocenters. The summed E-state index contributed by atoms with van der Waals surface area (Å²) in [5.41, 5.74) is 5.86. The average molecular weight is 250 g/mol. The van der Waals surface area contributed by atoms with Crippen molar-refractivity contribution in [1.29, 1.82) is 0 Å². The van der Waals surface area contributed by atoms with E-state index >= 15 is 0 Å². The Morgan fingerprint density at radius 3 is 2.72 bits per heavy atom. The molecule has 0 aliphatic rings. The number of benzene rings is 1. The highest BCUT2D eigenvalue weighted by atomic mass is 19.1. The Kier molecular flexibility index (Phi) is 3.57. The zero-order valence-corrected chi connectivity index (χ0v) is 10.4. The van der Waals surface area contributed by atoms with Crippen LogP contribution in [0.25, 0.3) is 0 Å². The lowest BCUT2D eigenvalue weighted by Crippen LogP contribution is -2.05. The zero-order chi connectivity index (χ0) is 13.1. The van der Waals surface area contributed by atoms with Gasteiger partial charge in [-0.1, -0.05) is 6.07 Å². The van der Waals surface area contributed by atoms with Gasteiger partial charge in [0.1, 0.15) is 24.0 Å². The summed E-state index contributed by atoms with van der Waals surface area (Å²) in [6.07, 6.45) is 0. The van der Waals surface area contributed by atoms with E-state index in [0.29, 0.717) is 17.1 Å². The molecule has 2 N–H and O–H groups in total. The Labute approximate surface area is 104 Å². The van der Waals surface area contributed by atoms with Gasteiger partial charge in [-0.15, -0.1) is 10.2 Å². The lowest BCUT2D eigenvalue weighted by Gasteiger charge is -2.07. The number of rotatable bonds is 4. The molecule has 1 heterocycles. The lowest BCUT2D eigenvalue weighted by molar-refractivity contribution is 0.289. The highest BCUT2D eigenvalue weighted by Gasteiger charge is 2.07. The first-order chi connectivity index (χ1) is 8.61. The molecule has 0 bridgehead atoms. The fourth-order valence-electron chi connectivity index (χ4n) is 1.51. The third-order valence-corrected chi connectivity index (χ3v) is 2.80. The molecule has 1 aromatic heterocycles.